The van der Waals surface area contributed by atoms with Crippen LogP contribution in [0, 0.1) is 0 Å². The number of ether oxygens (including phenoxy) is 2. The number of anilines is 1. The second kappa shape index (κ2) is 12.1. The maximum absolute atomic E-state index is 13.8. The largest absolute Gasteiger partial charge is 0.460 e. The molecule has 1 fully saturated rings. The van der Waals surface area contributed by atoms with Crippen LogP contribution in [-0.2, 0) is 30.0 Å². The number of rotatable bonds is 11. The minimum atomic E-state index is -4.15. The lowest BCUT2D eigenvalue weighted by atomic mass is 10.2. The van der Waals surface area contributed by atoms with Crippen molar-refractivity contribution in [2.24, 2.45) is 0 Å². The van der Waals surface area contributed by atoms with Gasteiger partial charge in [0.1, 0.15) is 42.6 Å². The molecule has 2 aromatic heterocycles. The number of aliphatic hydroxyl groups excluding tert-OH is 1. The summed E-state index contributed by atoms with van der Waals surface area (Å²) in [5.74, 6) is -0.158. The van der Waals surface area contributed by atoms with Gasteiger partial charge in [0.15, 0.2) is 11.5 Å². The molecule has 40 heavy (non-hydrogen) atoms. The Balaban J connectivity index is 1.25. The van der Waals surface area contributed by atoms with Gasteiger partial charge in [0.2, 0.25) is 0 Å². The average molecular weight is 569 g/mol. The van der Waals surface area contributed by atoms with Gasteiger partial charge < -0.3 is 24.8 Å². The fourth-order valence-corrected chi connectivity index (χ4v) is 5.64. The number of aliphatic hydroxyl groups is 1. The molecule has 210 valence electrons. The van der Waals surface area contributed by atoms with E-state index in [1.54, 1.807) is 34.9 Å². The van der Waals surface area contributed by atoms with Crippen LogP contribution in [0.1, 0.15) is 25.1 Å². The first-order valence-electron chi connectivity index (χ1n) is 12.6. The van der Waals surface area contributed by atoms with Crippen molar-refractivity contribution in [2.45, 2.75) is 44.4 Å². The molecule has 3 heterocycles. The lowest BCUT2D eigenvalue weighted by Crippen LogP contribution is -2.36. The highest BCUT2D eigenvalue weighted by Gasteiger charge is 2.39. The number of hydrogen-bond acceptors (Lipinski definition) is 11. The van der Waals surface area contributed by atoms with Crippen LogP contribution in [0.15, 0.2) is 73.3 Å². The number of hydrogen-bond donors (Lipinski definition) is 3. The minimum absolute atomic E-state index is 0.0550. The zero-order valence-corrected chi connectivity index (χ0v) is 22.5. The van der Waals surface area contributed by atoms with E-state index >= 15 is 0 Å². The molecule has 0 amide bonds. The first kappa shape index (κ1) is 27.7. The van der Waals surface area contributed by atoms with Gasteiger partial charge in [-0.25, -0.2) is 19.5 Å². The van der Waals surface area contributed by atoms with E-state index in [0.717, 1.165) is 5.56 Å². The Kier molecular flexibility index (Phi) is 8.38. The third kappa shape index (κ3) is 6.46. The fourth-order valence-electron chi connectivity index (χ4n) is 4.14. The van der Waals surface area contributed by atoms with Gasteiger partial charge >= 0.3 is 13.7 Å². The van der Waals surface area contributed by atoms with Gasteiger partial charge in [-0.15, -0.1) is 0 Å². The number of para-hydroxylation sites is 1. The van der Waals surface area contributed by atoms with Crippen LogP contribution in [0.5, 0.6) is 5.75 Å². The molecule has 0 spiro atoms. The van der Waals surface area contributed by atoms with Crippen molar-refractivity contribution in [2.75, 3.05) is 12.3 Å². The summed E-state index contributed by atoms with van der Waals surface area (Å²) >= 11 is 0. The number of fused-ring (bicyclic) bond motifs is 1. The van der Waals surface area contributed by atoms with Crippen molar-refractivity contribution in [1.29, 1.82) is 0 Å². The van der Waals surface area contributed by atoms with Crippen LogP contribution < -0.4 is 15.3 Å². The smallest absolute Gasteiger partial charge is 0.459 e. The van der Waals surface area contributed by atoms with Crippen LogP contribution in [-0.4, -0.2) is 55.5 Å². The predicted octanol–water partition coefficient (Wildman–Crippen LogP) is 2.98. The van der Waals surface area contributed by atoms with E-state index in [0.29, 0.717) is 11.2 Å². The Morgan fingerprint density at radius 1 is 1.18 bits per heavy atom. The highest BCUT2D eigenvalue weighted by molar-refractivity contribution is 7.52. The van der Waals surface area contributed by atoms with Gasteiger partial charge in [0.05, 0.1) is 19.0 Å². The SMILES string of the molecule is C[C@H](NP(=O)(OC[C@H]1O[C@@H](n2cnc3c(N)ncnc32)C[C@H]1O)Oc1ccccc1)C(=O)OCc1ccccc1. The quantitative estimate of drug-likeness (QED) is 0.179. The summed E-state index contributed by atoms with van der Waals surface area (Å²) in [7, 11) is -4.15. The average Bonchev–Trinajstić information content (AvgIpc) is 3.55. The summed E-state index contributed by atoms with van der Waals surface area (Å²) in [4.78, 5) is 25.0. The molecule has 4 aromatic rings. The molecule has 5 rings (SSSR count). The number of aromatic nitrogens is 4. The summed E-state index contributed by atoms with van der Waals surface area (Å²) < 4.78 is 38.2. The summed E-state index contributed by atoms with van der Waals surface area (Å²) in [6.07, 6.45) is 0.567. The third-order valence-electron chi connectivity index (χ3n) is 6.21. The standard InChI is InChI=1S/C26H29N6O7P/c1-17(26(34)36-13-18-8-4-2-5-9-18)31-40(35,39-19-10-6-3-7-11-19)37-14-21-20(33)12-22(38-21)32-16-30-23-24(27)28-15-29-25(23)32/h2-11,15-17,20-22,33H,12-14H2,1H3,(H,31,35)(H2,27,28,29)/t17-,20+,21+,22+,40?/m0/s1. The third-order valence-corrected chi connectivity index (χ3v) is 7.85. The van der Waals surface area contributed by atoms with Crippen molar-refractivity contribution in [3.63, 3.8) is 0 Å². The van der Waals surface area contributed by atoms with E-state index in [1.165, 1.54) is 19.6 Å². The van der Waals surface area contributed by atoms with Gasteiger partial charge in [0.25, 0.3) is 0 Å². The number of benzene rings is 2. The van der Waals surface area contributed by atoms with Gasteiger partial charge in [-0.3, -0.25) is 13.9 Å². The Morgan fingerprint density at radius 2 is 1.90 bits per heavy atom. The molecular weight excluding hydrogens is 539 g/mol. The maximum atomic E-state index is 13.8. The molecule has 1 saturated heterocycles. The van der Waals surface area contributed by atoms with Gasteiger partial charge in [0, 0.05) is 6.42 Å². The van der Waals surface area contributed by atoms with Crippen molar-refractivity contribution in [1.82, 2.24) is 24.6 Å². The Labute approximate surface area is 229 Å². The highest BCUT2D eigenvalue weighted by atomic mass is 31.2. The number of nitrogens with two attached hydrogens (primary N) is 1. The van der Waals surface area contributed by atoms with Crippen molar-refractivity contribution in [3.05, 3.63) is 78.9 Å². The van der Waals surface area contributed by atoms with E-state index in [1.807, 2.05) is 30.3 Å². The van der Waals surface area contributed by atoms with Gasteiger partial charge in [-0.05, 0) is 24.6 Å². The van der Waals surface area contributed by atoms with Crippen LogP contribution in [0.25, 0.3) is 11.2 Å². The van der Waals surface area contributed by atoms with Crippen molar-refractivity contribution < 1.29 is 33.0 Å². The molecule has 1 aliphatic heterocycles. The van der Waals surface area contributed by atoms with E-state index in [4.69, 9.17) is 24.3 Å². The number of nitrogen functional groups attached to an aromatic ring is 1. The molecule has 0 bridgehead atoms. The molecule has 1 aliphatic rings. The summed E-state index contributed by atoms with van der Waals surface area (Å²) in [6, 6.07) is 16.5. The molecule has 14 heteroatoms. The molecule has 0 saturated carbocycles. The van der Waals surface area contributed by atoms with Crippen LogP contribution in [0.4, 0.5) is 5.82 Å². The Morgan fingerprint density at radius 3 is 2.65 bits per heavy atom. The second-order valence-electron chi connectivity index (χ2n) is 9.16. The monoisotopic (exact) mass is 568 g/mol. The minimum Gasteiger partial charge on any atom is -0.460 e. The maximum Gasteiger partial charge on any atom is 0.459 e. The van der Waals surface area contributed by atoms with Gasteiger partial charge in [-0.1, -0.05) is 48.5 Å². The molecule has 2 aromatic carbocycles. The Bertz CT molecular complexity index is 1490. The molecule has 1 unspecified atom stereocenters. The molecule has 5 atom stereocenters. The van der Waals surface area contributed by atoms with Crippen LogP contribution in [0.3, 0.4) is 0 Å². The first-order chi connectivity index (χ1) is 19.3. The first-order valence-corrected chi connectivity index (χ1v) is 14.1. The molecule has 13 nitrogen and oxygen atoms in total. The number of carbonyl (C=O) groups is 1. The number of nitrogens with zero attached hydrogens (tertiary/aromatic N) is 4. The lowest BCUT2D eigenvalue weighted by molar-refractivity contribution is -0.146. The Hall–Kier alpha value is -3.87. The van der Waals surface area contributed by atoms with Crippen LogP contribution >= 0.6 is 7.75 Å². The molecular formula is C26H29N6O7P. The predicted molar refractivity (Wildman–Crippen MR) is 144 cm³/mol. The number of nitrogens with one attached hydrogen (secondary N) is 1. The van der Waals surface area contributed by atoms with Gasteiger partial charge in [-0.2, -0.15) is 5.09 Å². The number of carbonyl (C=O) groups excluding carboxylic acids is 1. The molecule has 0 aliphatic carbocycles. The number of imidazole rings is 1. The summed E-state index contributed by atoms with van der Waals surface area (Å²) in [5, 5.41) is 13.3. The summed E-state index contributed by atoms with van der Waals surface area (Å²) in [5.41, 5.74) is 7.55. The summed E-state index contributed by atoms with van der Waals surface area (Å²) in [6.45, 7) is 1.25. The van der Waals surface area contributed by atoms with E-state index in [2.05, 4.69) is 20.0 Å². The molecule has 4 N–H and O–H groups in total. The second-order valence-corrected chi connectivity index (χ2v) is 10.9. The van der Waals surface area contributed by atoms with E-state index in [9.17, 15) is 14.5 Å². The van der Waals surface area contributed by atoms with E-state index < -0.39 is 38.2 Å². The molecule has 0 radical (unpaired) electrons. The van der Waals surface area contributed by atoms with Crippen molar-refractivity contribution in [3.8, 4) is 5.75 Å². The normalized spacial score (nSPS) is 21.1. The van der Waals surface area contributed by atoms with Crippen molar-refractivity contribution >= 4 is 30.7 Å². The number of esters is 1. The van der Waals surface area contributed by atoms with Crippen LogP contribution in [0.2, 0.25) is 0 Å². The zero-order valence-electron chi connectivity index (χ0n) is 21.6. The highest BCUT2D eigenvalue weighted by Crippen LogP contribution is 2.46. The zero-order chi connectivity index (χ0) is 28.1. The van der Waals surface area contributed by atoms with E-state index in [-0.39, 0.29) is 31.2 Å². The lowest BCUT2D eigenvalue weighted by Gasteiger charge is -2.24. The topological polar surface area (TPSA) is 173 Å². The fraction of sp³-hybridized carbons (Fsp3) is 0.308.